The van der Waals surface area contributed by atoms with E-state index >= 15 is 0 Å². The maximum atomic E-state index is 12.7. The minimum atomic E-state index is -3.23. The molecule has 0 aromatic rings. The number of amides is 1. The molecule has 3 rings (SSSR count). The number of sulfone groups is 1. The summed E-state index contributed by atoms with van der Waals surface area (Å²) in [6.07, 6.45) is 6.52. The van der Waals surface area contributed by atoms with Crippen LogP contribution in [0.2, 0.25) is 0 Å². The highest BCUT2D eigenvalue weighted by atomic mass is 32.2. The number of rotatable bonds is 2. The number of aliphatic hydroxyl groups is 1. The minimum Gasteiger partial charge on any atom is -0.394 e. The van der Waals surface area contributed by atoms with Crippen LogP contribution in [0.1, 0.15) is 44.9 Å². The van der Waals surface area contributed by atoms with Crippen LogP contribution in [-0.4, -0.2) is 49.3 Å². The molecule has 2 aliphatic heterocycles. The average molecular weight is 313 g/mol. The van der Waals surface area contributed by atoms with Gasteiger partial charge in [0.2, 0.25) is 0 Å². The molecule has 21 heavy (non-hydrogen) atoms. The first-order valence-corrected chi connectivity index (χ1v) is 9.51. The van der Waals surface area contributed by atoms with E-state index in [1.54, 1.807) is 4.90 Å². The average Bonchev–Trinajstić information content (AvgIpc) is 3.04. The van der Waals surface area contributed by atoms with Gasteiger partial charge >= 0.3 is 0 Å². The molecule has 5 nitrogen and oxygen atoms in total. The quantitative estimate of drug-likeness (QED) is 0.832. The van der Waals surface area contributed by atoms with Gasteiger partial charge in [0, 0.05) is 17.5 Å². The molecule has 1 saturated carbocycles. The second kappa shape index (κ2) is 5.39. The Morgan fingerprint density at radius 1 is 1.33 bits per heavy atom. The fourth-order valence-corrected chi connectivity index (χ4v) is 5.51. The lowest BCUT2D eigenvalue weighted by atomic mass is 9.84. The number of hydrogen-bond acceptors (Lipinski definition) is 4. The van der Waals surface area contributed by atoms with Crippen molar-refractivity contribution in [2.75, 3.05) is 18.9 Å². The summed E-state index contributed by atoms with van der Waals surface area (Å²) in [6, 6.07) is -0.152. The van der Waals surface area contributed by atoms with Crippen LogP contribution in [0.25, 0.3) is 0 Å². The van der Waals surface area contributed by atoms with Gasteiger partial charge in [-0.25, -0.2) is 8.42 Å². The van der Waals surface area contributed by atoms with Gasteiger partial charge in [0.15, 0.2) is 9.84 Å². The number of carbonyl (C=O) groups is 1. The van der Waals surface area contributed by atoms with E-state index in [9.17, 15) is 18.3 Å². The smallest absolute Gasteiger partial charge is 0.250 e. The van der Waals surface area contributed by atoms with E-state index < -0.39 is 9.84 Å². The Hall–Kier alpha value is -0.880. The van der Waals surface area contributed by atoms with Gasteiger partial charge in [-0.05, 0) is 37.5 Å². The van der Waals surface area contributed by atoms with Crippen LogP contribution in [0, 0.1) is 5.41 Å². The van der Waals surface area contributed by atoms with Crippen molar-refractivity contribution in [2.24, 2.45) is 5.41 Å². The number of carbonyl (C=O) groups excluding carboxylic acids is 1. The molecule has 0 aromatic heterocycles. The topological polar surface area (TPSA) is 74.7 Å². The maximum absolute atomic E-state index is 12.7. The molecule has 1 N–H and O–H groups in total. The Kier molecular flexibility index (Phi) is 3.86. The van der Waals surface area contributed by atoms with Crippen LogP contribution in [-0.2, 0) is 14.6 Å². The lowest BCUT2D eigenvalue weighted by molar-refractivity contribution is -0.129. The Bertz CT molecular complexity index is 560. The standard InChI is InChI=1S/C15H23NO4S/c17-9-13-8-15(5-1-2-6-15)11-16(13)14(18)12-4-3-7-21(19,20)10-12/h10,13,17H,1-9,11H2. The molecule has 2 fully saturated rings. The van der Waals surface area contributed by atoms with Crippen molar-refractivity contribution in [3.63, 3.8) is 0 Å². The lowest BCUT2D eigenvalue weighted by Crippen LogP contribution is -2.39. The van der Waals surface area contributed by atoms with E-state index in [1.807, 2.05) is 0 Å². The first kappa shape index (κ1) is 15.0. The number of nitrogens with zero attached hydrogens (tertiary/aromatic N) is 1. The molecular weight excluding hydrogens is 290 g/mol. The maximum Gasteiger partial charge on any atom is 0.250 e. The molecule has 0 radical (unpaired) electrons. The Balaban J connectivity index is 1.82. The zero-order valence-corrected chi connectivity index (χ0v) is 13.1. The van der Waals surface area contributed by atoms with Gasteiger partial charge in [-0.15, -0.1) is 0 Å². The van der Waals surface area contributed by atoms with Crippen LogP contribution >= 0.6 is 0 Å². The fraction of sp³-hybridized carbons (Fsp3) is 0.800. The van der Waals surface area contributed by atoms with Gasteiger partial charge < -0.3 is 10.0 Å². The molecule has 1 aliphatic carbocycles. The normalized spacial score (nSPS) is 30.6. The zero-order chi connectivity index (χ0) is 15.1. The van der Waals surface area contributed by atoms with E-state index in [4.69, 9.17) is 0 Å². The second-order valence-corrected chi connectivity index (χ2v) is 8.76. The van der Waals surface area contributed by atoms with Gasteiger partial charge in [0.05, 0.1) is 18.4 Å². The van der Waals surface area contributed by atoms with Crippen molar-refractivity contribution in [2.45, 2.75) is 51.0 Å². The highest BCUT2D eigenvalue weighted by Crippen LogP contribution is 2.48. The summed E-state index contributed by atoms with van der Waals surface area (Å²) < 4.78 is 23.4. The molecule has 1 unspecified atom stereocenters. The third-order valence-corrected chi connectivity index (χ3v) is 6.72. The second-order valence-electron chi connectivity index (χ2n) is 6.79. The Labute approximate surface area is 125 Å². The van der Waals surface area contributed by atoms with Gasteiger partial charge in [-0.2, -0.15) is 0 Å². The molecule has 118 valence electrons. The highest BCUT2D eigenvalue weighted by Gasteiger charge is 2.47. The summed E-state index contributed by atoms with van der Waals surface area (Å²) in [4.78, 5) is 14.4. The molecule has 1 atom stereocenters. The molecule has 0 bridgehead atoms. The molecule has 2 heterocycles. The fourth-order valence-electron chi connectivity index (χ4n) is 4.19. The largest absolute Gasteiger partial charge is 0.394 e. The summed E-state index contributed by atoms with van der Waals surface area (Å²) in [5.74, 6) is -0.0435. The summed E-state index contributed by atoms with van der Waals surface area (Å²) in [6.45, 7) is 0.641. The van der Waals surface area contributed by atoms with Crippen LogP contribution < -0.4 is 0 Å². The van der Waals surface area contributed by atoms with Crippen molar-refractivity contribution >= 4 is 15.7 Å². The molecule has 6 heteroatoms. The summed E-state index contributed by atoms with van der Waals surface area (Å²) in [7, 11) is -3.23. The van der Waals surface area contributed by atoms with Gasteiger partial charge in [0.25, 0.3) is 5.91 Å². The van der Waals surface area contributed by atoms with Crippen molar-refractivity contribution in [1.82, 2.24) is 4.90 Å². The van der Waals surface area contributed by atoms with E-state index in [2.05, 4.69) is 0 Å². The Morgan fingerprint density at radius 2 is 2.05 bits per heavy atom. The van der Waals surface area contributed by atoms with Crippen molar-refractivity contribution in [1.29, 1.82) is 0 Å². The van der Waals surface area contributed by atoms with E-state index in [-0.39, 0.29) is 29.7 Å². The SMILES string of the molecule is O=C(C1=CS(=O)(=O)CCC1)N1CC2(CCCC2)CC1CO. The van der Waals surface area contributed by atoms with Crippen LogP contribution in [0.3, 0.4) is 0 Å². The molecule has 0 aromatic carbocycles. The Morgan fingerprint density at radius 3 is 2.67 bits per heavy atom. The van der Waals surface area contributed by atoms with Crippen LogP contribution in [0.15, 0.2) is 11.0 Å². The van der Waals surface area contributed by atoms with Crippen molar-refractivity contribution in [3.8, 4) is 0 Å². The van der Waals surface area contributed by atoms with Gasteiger partial charge in [-0.1, -0.05) is 12.8 Å². The number of aliphatic hydroxyl groups excluding tert-OH is 1. The summed E-state index contributed by atoms with van der Waals surface area (Å²) in [5, 5.41) is 10.8. The highest BCUT2D eigenvalue weighted by molar-refractivity contribution is 7.94. The lowest BCUT2D eigenvalue weighted by Gasteiger charge is -2.26. The monoisotopic (exact) mass is 313 g/mol. The van der Waals surface area contributed by atoms with Gasteiger partial charge in [0.1, 0.15) is 0 Å². The van der Waals surface area contributed by atoms with E-state index in [0.717, 1.165) is 24.7 Å². The molecule has 1 amide bonds. The van der Waals surface area contributed by atoms with Gasteiger partial charge in [-0.3, -0.25) is 4.79 Å². The minimum absolute atomic E-state index is 0.0342. The van der Waals surface area contributed by atoms with Crippen LogP contribution in [0.5, 0.6) is 0 Å². The number of likely N-dealkylation sites (tertiary alicyclic amines) is 1. The predicted octanol–water partition coefficient (Wildman–Crippen LogP) is 1.23. The first-order chi connectivity index (χ1) is 9.95. The third-order valence-electron chi connectivity index (χ3n) is 5.22. The summed E-state index contributed by atoms with van der Waals surface area (Å²) >= 11 is 0. The van der Waals surface area contributed by atoms with Crippen molar-refractivity contribution < 1.29 is 18.3 Å². The molecule has 1 spiro atoms. The van der Waals surface area contributed by atoms with Crippen LogP contribution in [0.4, 0.5) is 0 Å². The molecular formula is C15H23NO4S. The first-order valence-electron chi connectivity index (χ1n) is 7.80. The molecule has 1 saturated heterocycles. The summed E-state index contributed by atoms with van der Waals surface area (Å²) in [5.41, 5.74) is 0.562. The number of hydrogen-bond donors (Lipinski definition) is 1. The predicted molar refractivity (Wildman–Crippen MR) is 79.2 cm³/mol. The third kappa shape index (κ3) is 2.88. The van der Waals surface area contributed by atoms with E-state index in [1.165, 1.54) is 12.8 Å². The van der Waals surface area contributed by atoms with E-state index in [0.29, 0.717) is 25.0 Å². The van der Waals surface area contributed by atoms with Crippen molar-refractivity contribution in [3.05, 3.63) is 11.0 Å². The zero-order valence-electron chi connectivity index (χ0n) is 12.3. The molecule has 3 aliphatic rings.